The molecular weight excluding hydrogens is 159 g/mol. The van der Waals surface area contributed by atoms with Crippen LogP contribution >= 0.6 is 8.43 Å². The zero-order valence-electron chi connectivity index (χ0n) is 5.65. The van der Waals surface area contributed by atoms with Crippen molar-refractivity contribution in [2.24, 2.45) is 0 Å². The number of fused-ring (bicyclic) bond motifs is 1. The van der Waals surface area contributed by atoms with Crippen molar-refractivity contribution in [2.75, 3.05) is 0 Å². The van der Waals surface area contributed by atoms with Gasteiger partial charge in [-0.15, -0.1) is 0 Å². The summed E-state index contributed by atoms with van der Waals surface area (Å²) < 4.78 is 4.78. The average Bonchev–Trinajstić information content (AvgIpc) is 2.06. The van der Waals surface area contributed by atoms with Gasteiger partial charge in [0.2, 0.25) is 0 Å². The molecule has 2 aromatic rings. The van der Waals surface area contributed by atoms with Crippen LogP contribution in [0.5, 0.6) is 0 Å². The Morgan fingerprint density at radius 3 is 2.91 bits per heavy atom. The summed E-state index contributed by atoms with van der Waals surface area (Å²) >= 11 is 0. The third kappa shape index (κ3) is 1.06. The molecule has 0 fully saturated rings. The van der Waals surface area contributed by atoms with Gasteiger partial charge in [0, 0.05) is 5.80 Å². The Labute approximate surface area is 64.7 Å². The van der Waals surface area contributed by atoms with Crippen molar-refractivity contribution in [2.45, 2.75) is 0 Å². The molecule has 54 valence electrons. The lowest BCUT2D eigenvalue weighted by Gasteiger charge is -1.90. The van der Waals surface area contributed by atoms with E-state index >= 15 is 0 Å². The zero-order valence-corrected chi connectivity index (χ0v) is 6.54. The fraction of sp³-hybridized carbons (Fsp3) is 0. The van der Waals surface area contributed by atoms with Crippen molar-refractivity contribution < 1.29 is 4.20 Å². The van der Waals surface area contributed by atoms with Crippen LogP contribution in [-0.2, 0) is 0 Å². The van der Waals surface area contributed by atoms with Gasteiger partial charge < -0.3 is 4.20 Å². The van der Waals surface area contributed by atoms with Gasteiger partial charge >= 0.3 is 5.63 Å². The third-order valence-corrected chi connectivity index (χ3v) is 2.16. The minimum Gasteiger partial charge on any atom is -0.404 e. The standard InChI is InChI=1S/C8H5O2P/c9-8-7-4-2-1-3-6(7)5-11-10-8/h1-5H. The lowest BCUT2D eigenvalue weighted by atomic mass is 10.2. The Balaban J connectivity index is 3.03. The van der Waals surface area contributed by atoms with Crippen LogP contribution in [0.25, 0.3) is 10.8 Å². The summed E-state index contributed by atoms with van der Waals surface area (Å²) in [4.78, 5) is 11.0. The molecule has 0 saturated carbocycles. The van der Waals surface area contributed by atoms with E-state index in [1.807, 2.05) is 24.0 Å². The monoisotopic (exact) mass is 164 g/mol. The Hall–Kier alpha value is -1.14. The van der Waals surface area contributed by atoms with Crippen LogP contribution in [0.4, 0.5) is 0 Å². The van der Waals surface area contributed by atoms with E-state index in [0.29, 0.717) is 13.8 Å². The van der Waals surface area contributed by atoms with Gasteiger partial charge in [0.25, 0.3) is 0 Å². The molecule has 11 heavy (non-hydrogen) atoms. The second-order valence-corrected chi connectivity index (χ2v) is 2.85. The SMILES string of the molecule is O=c1opcc2ccccc12. The number of rotatable bonds is 0. The largest absolute Gasteiger partial charge is 0.404 e. The maximum Gasteiger partial charge on any atom is 0.346 e. The Morgan fingerprint density at radius 2 is 2.09 bits per heavy atom. The van der Waals surface area contributed by atoms with Crippen LogP contribution in [0, 0.1) is 0 Å². The maximum atomic E-state index is 11.0. The van der Waals surface area contributed by atoms with E-state index in [2.05, 4.69) is 0 Å². The molecular formula is C8H5O2P. The summed E-state index contributed by atoms with van der Waals surface area (Å²) in [6.45, 7) is 0. The van der Waals surface area contributed by atoms with Crippen molar-refractivity contribution in [1.82, 2.24) is 0 Å². The van der Waals surface area contributed by atoms with Gasteiger partial charge in [-0.3, -0.25) is 0 Å². The van der Waals surface area contributed by atoms with Crippen LogP contribution in [0.1, 0.15) is 0 Å². The highest BCUT2D eigenvalue weighted by molar-refractivity contribution is 7.22. The van der Waals surface area contributed by atoms with Crippen molar-refractivity contribution in [3.05, 3.63) is 40.5 Å². The van der Waals surface area contributed by atoms with Gasteiger partial charge in [0.15, 0.2) is 0 Å². The minimum absolute atomic E-state index is 0.232. The molecule has 1 aromatic heterocycles. The predicted molar refractivity (Wildman–Crippen MR) is 45.0 cm³/mol. The molecule has 0 spiro atoms. The van der Waals surface area contributed by atoms with Gasteiger partial charge in [-0.1, -0.05) is 18.2 Å². The Kier molecular flexibility index (Phi) is 1.48. The van der Waals surface area contributed by atoms with E-state index in [9.17, 15) is 4.79 Å². The quantitative estimate of drug-likeness (QED) is 0.598. The Morgan fingerprint density at radius 1 is 1.27 bits per heavy atom. The molecule has 0 aliphatic rings. The molecule has 0 atom stereocenters. The van der Waals surface area contributed by atoms with Crippen LogP contribution in [0.15, 0.2) is 39.1 Å². The first-order valence-electron chi connectivity index (χ1n) is 3.22. The van der Waals surface area contributed by atoms with Crippen molar-refractivity contribution in [3.8, 4) is 0 Å². The molecule has 0 bridgehead atoms. The fourth-order valence-corrected chi connectivity index (χ4v) is 1.56. The molecule has 2 nitrogen and oxygen atoms in total. The topological polar surface area (TPSA) is 30.2 Å². The third-order valence-electron chi connectivity index (χ3n) is 1.51. The summed E-state index contributed by atoms with van der Waals surface area (Å²) in [5, 5.41) is 1.62. The first-order valence-corrected chi connectivity index (χ1v) is 4.10. The number of hydrogen-bond donors (Lipinski definition) is 0. The smallest absolute Gasteiger partial charge is 0.346 e. The molecule has 3 heteroatoms. The second kappa shape index (κ2) is 2.48. The van der Waals surface area contributed by atoms with Crippen molar-refractivity contribution in [3.63, 3.8) is 0 Å². The molecule has 0 saturated heterocycles. The van der Waals surface area contributed by atoms with Crippen LogP contribution in [0.2, 0.25) is 0 Å². The lowest BCUT2D eigenvalue weighted by Crippen LogP contribution is -1.94. The van der Waals surface area contributed by atoms with Crippen LogP contribution in [-0.4, -0.2) is 0 Å². The summed E-state index contributed by atoms with van der Waals surface area (Å²) in [7, 11) is 0.623. The van der Waals surface area contributed by atoms with Crippen LogP contribution < -0.4 is 5.63 Å². The molecule has 0 radical (unpaired) electrons. The zero-order chi connectivity index (χ0) is 7.68. The van der Waals surface area contributed by atoms with E-state index in [0.717, 1.165) is 5.39 Å². The first kappa shape index (κ1) is 6.56. The summed E-state index contributed by atoms with van der Waals surface area (Å²) in [5.41, 5.74) is -0.232. The normalized spacial score (nSPS) is 10.9. The van der Waals surface area contributed by atoms with E-state index in [1.165, 1.54) is 0 Å². The molecule has 0 aliphatic carbocycles. The molecule has 1 heterocycles. The predicted octanol–water partition coefficient (Wildman–Crippen LogP) is 2.37. The van der Waals surface area contributed by atoms with Crippen molar-refractivity contribution >= 4 is 19.2 Å². The Bertz CT molecular complexity index is 428. The molecule has 1 aromatic carbocycles. The first-order chi connectivity index (χ1) is 5.38. The molecule has 0 amide bonds. The maximum absolute atomic E-state index is 11.0. The summed E-state index contributed by atoms with van der Waals surface area (Å²) in [6, 6.07) is 7.41. The highest BCUT2D eigenvalue weighted by Crippen LogP contribution is 2.12. The molecule has 0 aliphatic heterocycles. The van der Waals surface area contributed by atoms with E-state index in [1.54, 1.807) is 6.07 Å². The van der Waals surface area contributed by atoms with E-state index < -0.39 is 0 Å². The average molecular weight is 164 g/mol. The minimum atomic E-state index is -0.232. The molecule has 2 rings (SSSR count). The highest BCUT2D eigenvalue weighted by Gasteiger charge is 1.95. The second-order valence-electron chi connectivity index (χ2n) is 2.20. The summed E-state index contributed by atoms with van der Waals surface area (Å²) in [5.74, 6) is 1.87. The van der Waals surface area contributed by atoms with E-state index in [-0.39, 0.29) is 5.63 Å². The van der Waals surface area contributed by atoms with Gasteiger partial charge in [-0.2, -0.15) is 0 Å². The lowest BCUT2D eigenvalue weighted by molar-refractivity contribution is 0.647. The highest BCUT2D eigenvalue weighted by atomic mass is 31.1. The van der Waals surface area contributed by atoms with Crippen LogP contribution in [0.3, 0.4) is 0 Å². The van der Waals surface area contributed by atoms with Gasteiger partial charge in [-0.25, -0.2) is 4.79 Å². The summed E-state index contributed by atoms with van der Waals surface area (Å²) in [6.07, 6.45) is 0. The fourth-order valence-electron chi connectivity index (χ4n) is 0.976. The van der Waals surface area contributed by atoms with Gasteiger partial charge in [0.1, 0.15) is 8.43 Å². The molecule has 0 N–H and O–H groups in total. The van der Waals surface area contributed by atoms with E-state index in [4.69, 9.17) is 4.20 Å². The number of hydrogen-bond acceptors (Lipinski definition) is 2. The molecule has 0 unspecified atom stereocenters. The van der Waals surface area contributed by atoms with Gasteiger partial charge in [0.05, 0.1) is 5.39 Å². The van der Waals surface area contributed by atoms with Gasteiger partial charge in [-0.05, 0) is 11.5 Å². The van der Waals surface area contributed by atoms with Crippen molar-refractivity contribution in [1.29, 1.82) is 0 Å². The number of benzene rings is 1.